The number of unbranched alkanes of at least 4 members (excludes halogenated alkanes) is 5. The summed E-state index contributed by atoms with van der Waals surface area (Å²) in [7, 11) is 3.17. The number of likely N-dealkylation sites (N-methyl/N-ethyl adjacent to an activating group) is 1. The predicted molar refractivity (Wildman–Crippen MR) is 206 cm³/mol. The van der Waals surface area contributed by atoms with E-state index in [1.807, 2.05) is 0 Å². The molecule has 0 spiro atoms. The molecule has 2 aromatic rings. The Hall–Kier alpha value is -5.02. The lowest BCUT2D eigenvalue weighted by atomic mass is 9.94. The van der Waals surface area contributed by atoms with Gasteiger partial charge in [-0.05, 0) is 54.8 Å². The number of nitrogens with zero attached hydrogens (tertiary/aromatic N) is 2. The van der Waals surface area contributed by atoms with Crippen LogP contribution in [0.5, 0.6) is 11.5 Å². The van der Waals surface area contributed by atoms with Crippen LogP contribution >= 0.6 is 0 Å². The molecular formula is C39H57N7O8. The number of hydrogen-bond acceptors (Lipinski definition) is 10. The van der Waals surface area contributed by atoms with E-state index in [1.165, 1.54) is 25.0 Å². The molecule has 1 saturated heterocycles. The average molecular weight is 752 g/mol. The van der Waals surface area contributed by atoms with E-state index in [1.54, 1.807) is 43.3 Å². The minimum absolute atomic E-state index is 0.0144. The van der Waals surface area contributed by atoms with Gasteiger partial charge in [0.25, 0.3) is 0 Å². The van der Waals surface area contributed by atoms with E-state index in [-0.39, 0.29) is 53.8 Å². The van der Waals surface area contributed by atoms with E-state index in [0.717, 1.165) is 38.6 Å². The van der Waals surface area contributed by atoms with Gasteiger partial charge in [-0.2, -0.15) is 0 Å². The molecule has 8 N–H and O–H groups in total. The van der Waals surface area contributed by atoms with Crippen molar-refractivity contribution in [3.8, 4) is 22.6 Å². The van der Waals surface area contributed by atoms with Gasteiger partial charge < -0.3 is 46.9 Å². The van der Waals surface area contributed by atoms with Crippen LogP contribution in [0.3, 0.4) is 0 Å². The monoisotopic (exact) mass is 751 g/mol. The SMILES string of the molecule is CCCCCCCC(=O)NCC(=NC)N(C)C1C(=O)NCC(=O)NC(C(=O)NCC(=O)C2CO2)Cc2ccc(O)c(c2)-c2cc1ccc2O.CCCCN. The highest BCUT2D eigenvalue weighted by atomic mass is 16.6. The third-order valence-electron chi connectivity index (χ3n) is 9.14. The van der Waals surface area contributed by atoms with Crippen LogP contribution in [0.2, 0.25) is 0 Å². The van der Waals surface area contributed by atoms with Crippen molar-refractivity contribution in [3.05, 3.63) is 47.5 Å². The van der Waals surface area contributed by atoms with Crippen molar-refractivity contribution in [2.75, 3.05) is 46.9 Å². The van der Waals surface area contributed by atoms with Crippen molar-refractivity contribution in [2.45, 2.75) is 89.8 Å². The molecule has 2 aliphatic heterocycles. The van der Waals surface area contributed by atoms with Gasteiger partial charge in [0, 0.05) is 38.1 Å². The average Bonchev–Trinajstić information content (AvgIpc) is 4.01. The van der Waals surface area contributed by atoms with E-state index < -0.39 is 42.5 Å². The highest BCUT2D eigenvalue weighted by molar-refractivity contribution is 5.96. The summed E-state index contributed by atoms with van der Waals surface area (Å²) >= 11 is 0. The Kier molecular flexibility index (Phi) is 17.9. The number of Topliss-reactive ketones (excluding diaryl/α,β-unsaturated/α-hetero) is 1. The predicted octanol–water partition coefficient (Wildman–Crippen LogP) is 2.23. The molecule has 4 rings (SSSR count). The first kappa shape index (κ1) is 43.4. The molecule has 3 atom stereocenters. The van der Waals surface area contributed by atoms with Crippen LogP contribution in [0.4, 0.5) is 0 Å². The number of amidine groups is 1. The zero-order valence-electron chi connectivity index (χ0n) is 31.9. The number of nitrogens with one attached hydrogen (secondary N) is 4. The van der Waals surface area contributed by atoms with E-state index in [2.05, 4.69) is 40.1 Å². The van der Waals surface area contributed by atoms with Crippen molar-refractivity contribution in [1.29, 1.82) is 0 Å². The van der Waals surface area contributed by atoms with Crippen LogP contribution in [0, 0.1) is 0 Å². The van der Waals surface area contributed by atoms with Crippen LogP contribution in [0.25, 0.3) is 11.1 Å². The fraction of sp³-hybridized carbons (Fsp3) is 0.538. The third-order valence-corrected chi connectivity index (χ3v) is 9.14. The number of nitrogens with two attached hydrogens (primary N) is 1. The maximum atomic E-state index is 13.8. The standard InChI is InChI=1S/C35H46N6O8.C4H11N/c1-4-5-6-7-8-9-31(45)37-18-30(36-2)41(3)33-22-11-13-27(43)24(16-22)23-14-21(10-12-26(23)42)15-25(40-32(46)19-39-35(33)48)34(47)38-17-28(44)29-20-49-29;1-2-3-4-5/h10-14,16,25,29,33,42-43H,4-9,15,17-20H2,1-3H3,(H,37,45)(H,38,47)(H,39,48)(H,40,46);2-5H2,1H3. The van der Waals surface area contributed by atoms with Gasteiger partial charge in [0.05, 0.1) is 26.2 Å². The van der Waals surface area contributed by atoms with Gasteiger partial charge >= 0.3 is 0 Å². The van der Waals surface area contributed by atoms with Gasteiger partial charge in [0.15, 0.2) is 5.78 Å². The molecule has 2 aliphatic rings. The van der Waals surface area contributed by atoms with Crippen LogP contribution in [0.1, 0.15) is 82.4 Å². The fourth-order valence-electron chi connectivity index (χ4n) is 5.89. The number of aromatic hydroxyl groups is 2. The Morgan fingerprint density at radius 3 is 2.24 bits per heavy atom. The summed E-state index contributed by atoms with van der Waals surface area (Å²) in [6, 6.07) is 6.90. The third kappa shape index (κ3) is 13.4. The second kappa shape index (κ2) is 22.3. The number of ether oxygens (including phenoxy) is 1. The first-order chi connectivity index (χ1) is 25.9. The largest absolute Gasteiger partial charge is 0.507 e. The van der Waals surface area contributed by atoms with Crippen molar-refractivity contribution in [2.24, 2.45) is 10.7 Å². The molecule has 15 nitrogen and oxygen atoms in total. The van der Waals surface area contributed by atoms with E-state index >= 15 is 0 Å². The molecule has 0 aliphatic carbocycles. The summed E-state index contributed by atoms with van der Waals surface area (Å²) < 4.78 is 4.97. The van der Waals surface area contributed by atoms with Gasteiger partial charge in [0.1, 0.15) is 35.5 Å². The minimum Gasteiger partial charge on any atom is -0.507 e. The number of rotatable bonds is 15. The zero-order chi connectivity index (χ0) is 39.6. The van der Waals surface area contributed by atoms with Gasteiger partial charge in [-0.25, -0.2) is 0 Å². The maximum Gasteiger partial charge on any atom is 0.247 e. The maximum absolute atomic E-state index is 13.8. The number of aliphatic imine (C=N–C) groups is 1. The number of carbonyl (C=O) groups excluding carboxylic acids is 5. The molecule has 0 saturated carbocycles. The summed E-state index contributed by atoms with van der Waals surface area (Å²) in [6.45, 7) is 4.71. The number of hydrogen-bond donors (Lipinski definition) is 7. The topological polar surface area (TPSA) is 228 Å². The van der Waals surface area contributed by atoms with Crippen LogP contribution in [0.15, 0.2) is 41.4 Å². The number of phenolic OH excluding ortho intramolecular Hbond substituents is 2. The number of carbonyl (C=O) groups is 5. The molecule has 4 bridgehead atoms. The minimum atomic E-state index is -1.13. The van der Waals surface area contributed by atoms with Gasteiger partial charge in [-0.3, -0.25) is 29.0 Å². The van der Waals surface area contributed by atoms with Gasteiger partial charge in [-0.1, -0.05) is 58.1 Å². The molecule has 3 unspecified atom stereocenters. The molecule has 4 amide bonds. The normalized spacial score (nSPS) is 18.2. The number of phenols is 2. The molecule has 1 fully saturated rings. The number of benzene rings is 2. The first-order valence-corrected chi connectivity index (χ1v) is 18.7. The Balaban J connectivity index is 0.00000147. The highest BCUT2D eigenvalue weighted by Gasteiger charge is 2.33. The molecule has 296 valence electrons. The van der Waals surface area contributed by atoms with Crippen molar-refractivity contribution >= 4 is 35.2 Å². The smallest absolute Gasteiger partial charge is 0.247 e. The molecule has 54 heavy (non-hydrogen) atoms. The number of fused-ring (bicyclic) bond motifs is 5. The quantitative estimate of drug-likeness (QED) is 0.0608. The summed E-state index contributed by atoms with van der Waals surface area (Å²) in [5.41, 5.74) is 6.57. The summed E-state index contributed by atoms with van der Waals surface area (Å²) in [6.07, 6.45) is 7.25. The number of amides is 4. The zero-order valence-corrected chi connectivity index (χ0v) is 31.9. The second-order valence-electron chi connectivity index (χ2n) is 13.4. The molecule has 0 radical (unpaired) electrons. The second-order valence-corrected chi connectivity index (χ2v) is 13.4. The Morgan fingerprint density at radius 2 is 1.61 bits per heavy atom. The summed E-state index contributed by atoms with van der Waals surface area (Å²) in [5.74, 6) is -2.23. The van der Waals surface area contributed by atoms with E-state index in [0.29, 0.717) is 30.0 Å². The first-order valence-electron chi connectivity index (χ1n) is 18.7. The van der Waals surface area contributed by atoms with Crippen molar-refractivity contribution in [3.63, 3.8) is 0 Å². The van der Waals surface area contributed by atoms with Crippen LogP contribution in [-0.2, 0) is 35.1 Å². The van der Waals surface area contributed by atoms with E-state index in [4.69, 9.17) is 10.5 Å². The van der Waals surface area contributed by atoms with Crippen LogP contribution < -0.4 is 27.0 Å². The van der Waals surface area contributed by atoms with Crippen molar-refractivity contribution < 1.29 is 38.9 Å². The van der Waals surface area contributed by atoms with Crippen LogP contribution in [-0.4, -0.2) is 109 Å². The number of ketones is 1. The molecule has 2 heterocycles. The van der Waals surface area contributed by atoms with Gasteiger partial charge in [0.2, 0.25) is 23.6 Å². The number of epoxide rings is 1. The highest BCUT2D eigenvalue weighted by Crippen LogP contribution is 2.38. The molecular weight excluding hydrogens is 694 g/mol. The Bertz CT molecular complexity index is 1630. The van der Waals surface area contributed by atoms with Crippen molar-refractivity contribution in [1.82, 2.24) is 26.2 Å². The fourth-order valence-corrected chi connectivity index (χ4v) is 5.89. The molecule has 15 heteroatoms. The summed E-state index contributed by atoms with van der Waals surface area (Å²) in [5, 5.41) is 32.5. The molecule has 2 aromatic carbocycles. The van der Waals surface area contributed by atoms with E-state index in [9.17, 15) is 34.2 Å². The lowest BCUT2D eigenvalue weighted by Crippen LogP contribution is -2.52. The Labute approximate surface area is 317 Å². The molecule has 0 aromatic heterocycles. The summed E-state index contributed by atoms with van der Waals surface area (Å²) in [4.78, 5) is 70.7. The Morgan fingerprint density at radius 1 is 0.944 bits per heavy atom. The lowest BCUT2D eigenvalue weighted by Gasteiger charge is -2.31. The lowest BCUT2D eigenvalue weighted by molar-refractivity contribution is -0.131. The van der Waals surface area contributed by atoms with Gasteiger partial charge in [-0.15, -0.1) is 0 Å².